The zero-order valence-electron chi connectivity index (χ0n) is 23.9. The molecular formula is C30H36N6O6. The lowest BCUT2D eigenvalue weighted by Gasteiger charge is -2.36. The number of anilines is 1. The number of aliphatic hydroxyl groups is 1. The first kappa shape index (κ1) is 28.1. The number of likely N-dealkylation sites (tertiary alicyclic amines) is 1. The van der Waals surface area contributed by atoms with Crippen molar-refractivity contribution in [2.75, 3.05) is 25.1 Å². The van der Waals surface area contributed by atoms with E-state index in [9.17, 15) is 19.5 Å². The van der Waals surface area contributed by atoms with Gasteiger partial charge in [0.15, 0.2) is 0 Å². The van der Waals surface area contributed by atoms with Crippen LogP contribution >= 0.6 is 0 Å². The average Bonchev–Trinajstić information content (AvgIpc) is 3.65. The van der Waals surface area contributed by atoms with Crippen LogP contribution < -0.4 is 15.4 Å². The van der Waals surface area contributed by atoms with Crippen molar-refractivity contribution in [3.8, 4) is 5.75 Å². The van der Waals surface area contributed by atoms with Gasteiger partial charge in [0.2, 0.25) is 17.7 Å². The summed E-state index contributed by atoms with van der Waals surface area (Å²) in [6, 6.07) is 13.5. The van der Waals surface area contributed by atoms with Gasteiger partial charge in [-0.15, -0.1) is 5.10 Å². The van der Waals surface area contributed by atoms with E-state index in [-0.39, 0.29) is 37.6 Å². The maximum absolute atomic E-state index is 14.1. The lowest BCUT2D eigenvalue weighted by molar-refractivity contribution is -0.146. The van der Waals surface area contributed by atoms with E-state index in [0.29, 0.717) is 36.4 Å². The Morgan fingerprint density at radius 1 is 1.17 bits per heavy atom. The molecule has 6 atom stereocenters. The number of amides is 3. The number of ether oxygens (including phenoxy) is 2. The van der Waals surface area contributed by atoms with Gasteiger partial charge in [-0.3, -0.25) is 14.4 Å². The number of hydrogen-bond acceptors (Lipinski definition) is 8. The summed E-state index contributed by atoms with van der Waals surface area (Å²) in [4.78, 5) is 43.4. The van der Waals surface area contributed by atoms with E-state index in [4.69, 9.17) is 9.47 Å². The second kappa shape index (κ2) is 10.7. The second-order valence-electron chi connectivity index (χ2n) is 11.5. The first-order chi connectivity index (χ1) is 20.2. The monoisotopic (exact) mass is 576 g/mol. The lowest BCUT2D eigenvalue weighted by Crippen LogP contribution is -2.56. The molecule has 1 aromatic heterocycles. The molecule has 4 heterocycles. The smallest absolute Gasteiger partial charge is 0.247 e. The first-order valence-corrected chi connectivity index (χ1v) is 14.4. The maximum Gasteiger partial charge on any atom is 0.247 e. The van der Waals surface area contributed by atoms with Gasteiger partial charge in [0, 0.05) is 18.8 Å². The van der Waals surface area contributed by atoms with Gasteiger partial charge in [0.1, 0.15) is 29.6 Å². The van der Waals surface area contributed by atoms with E-state index in [1.54, 1.807) is 28.9 Å². The number of nitrogens with one attached hydrogen (secondary N) is 2. The van der Waals surface area contributed by atoms with Crippen molar-refractivity contribution in [1.82, 2.24) is 25.2 Å². The fourth-order valence-electron chi connectivity index (χ4n) is 7.23. The topological polar surface area (TPSA) is 148 Å². The largest absolute Gasteiger partial charge is 0.494 e. The van der Waals surface area contributed by atoms with E-state index in [1.165, 1.54) is 4.90 Å². The van der Waals surface area contributed by atoms with E-state index < -0.39 is 35.0 Å². The van der Waals surface area contributed by atoms with Crippen molar-refractivity contribution in [2.45, 2.75) is 57.5 Å². The van der Waals surface area contributed by atoms with Crippen LogP contribution in [0.3, 0.4) is 0 Å². The Bertz CT molecular complexity index is 1510. The summed E-state index contributed by atoms with van der Waals surface area (Å²) in [5, 5.41) is 23.8. The summed E-state index contributed by atoms with van der Waals surface area (Å²) in [6.45, 7) is 6.37. The molecule has 1 spiro atoms. The zero-order valence-corrected chi connectivity index (χ0v) is 23.9. The number of nitrogens with zero attached hydrogens (tertiary/aromatic N) is 4. The maximum atomic E-state index is 14.1. The molecule has 42 heavy (non-hydrogen) atoms. The number of carbonyl (C=O) groups excluding carboxylic acids is 3. The number of aliphatic hydroxyl groups excluding tert-OH is 1. The third kappa shape index (κ3) is 4.31. The Balaban J connectivity index is 1.29. The Kier molecular flexibility index (Phi) is 7.14. The van der Waals surface area contributed by atoms with Crippen molar-refractivity contribution in [3.63, 3.8) is 0 Å². The van der Waals surface area contributed by atoms with Crippen molar-refractivity contribution < 1.29 is 29.0 Å². The van der Waals surface area contributed by atoms with E-state index in [2.05, 4.69) is 20.9 Å². The summed E-state index contributed by atoms with van der Waals surface area (Å²) in [7, 11) is 0. The number of hydrogen-bond donors (Lipinski definition) is 3. The van der Waals surface area contributed by atoms with Gasteiger partial charge in [-0.2, -0.15) is 0 Å². The summed E-state index contributed by atoms with van der Waals surface area (Å²) >= 11 is 0. The first-order valence-electron chi connectivity index (χ1n) is 14.4. The van der Waals surface area contributed by atoms with Crippen LogP contribution in [-0.4, -0.2) is 79.7 Å². The molecule has 3 N–H and O–H groups in total. The lowest BCUT2D eigenvalue weighted by atomic mass is 9.62. The summed E-state index contributed by atoms with van der Waals surface area (Å²) in [5.74, 6) is -2.09. The highest BCUT2D eigenvalue weighted by Crippen LogP contribution is 2.65. The minimum atomic E-state index is -1.18. The molecule has 2 aromatic carbocycles. The van der Waals surface area contributed by atoms with Crippen LogP contribution in [0.5, 0.6) is 5.75 Å². The molecule has 3 aromatic rings. The molecule has 0 radical (unpaired) electrons. The molecule has 0 saturated carbocycles. The van der Waals surface area contributed by atoms with Gasteiger partial charge < -0.3 is 30.1 Å². The fourth-order valence-corrected chi connectivity index (χ4v) is 7.23. The van der Waals surface area contributed by atoms with E-state index in [1.807, 2.05) is 45.0 Å². The molecule has 3 unspecified atom stereocenters. The van der Waals surface area contributed by atoms with Crippen molar-refractivity contribution in [3.05, 3.63) is 48.5 Å². The predicted molar refractivity (Wildman–Crippen MR) is 152 cm³/mol. The van der Waals surface area contributed by atoms with E-state index in [0.717, 1.165) is 5.52 Å². The van der Waals surface area contributed by atoms with E-state index >= 15 is 0 Å². The van der Waals surface area contributed by atoms with Crippen molar-refractivity contribution in [1.29, 1.82) is 0 Å². The Labute approximate surface area is 243 Å². The normalized spacial score (nSPS) is 29.6. The van der Waals surface area contributed by atoms with Crippen LogP contribution in [0.1, 0.15) is 33.6 Å². The standard InChI is InChI=1S/C30H36N6O6/c1-4-41-20-12-10-19(11-13-20)32-26(38)23-24-28(40)35(14-7-15-37)25(30(24)16-18(2)29(23,3)42-30)27(39)31-17-36-22-9-6-5-8-21(22)33-34-36/h5-6,8-13,18,23-25,37H,4,7,14-17H2,1-3H3,(H,31,39)(H,32,38)/t18?,23-,24+,25?,29+,30?/m1/s1. The molecule has 3 aliphatic rings. The highest BCUT2D eigenvalue weighted by atomic mass is 16.5. The van der Waals surface area contributed by atoms with Gasteiger partial charge >= 0.3 is 0 Å². The fraction of sp³-hybridized carbons (Fsp3) is 0.500. The molecule has 3 aliphatic heterocycles. The highest BCUT2D eigenvalue weighted by molar-refractivity contribution is 6.02. The number of aromatic nitrogens is 3. The van der Waals surface area contributed by atoms with Gasteiger partial charge in [0.25, 0.3) is 0 Å². The summed E-state index contributed by atoms with van der Waals surface area (Å²) in [6.07, 6.45) is 0.745. The van der Waals surface area contributed by atoms with Crippen LogP contribution in [-0.2, 0) is 25.8 Å². The zero-order chi connectivity index (χ0) is 29.6. The van der Waals surface area contributed by atoms with Gasteiger partial charge in [-0.1, -0.05) is 24.3 Å². The number of fused-ring (bicyclic) bond motifs is 2. The molecule has 0 aliphatic carbocycles. The van der Waals surface area contributed by atoms with Gasteiger partial charge in [-0.05, 0) is 69.0 Å². The third-order valence-electron chi connectivity index (χ3n) is 9.16. The van der Waals surface area contributed by atoms with Crippen molar-refractivity contribution >= 4 is 34.4 Å². The molecule has 12 nitrogen and oxygen atoms in total. The third-order valence-corrected chi connectivity index (χ3v) is 9.16. The molecular weight excluding hydrogens is 540 g/mol. The molecule has 2 bridgehead atoms. The molecule has 3 fully saturated rings. The Morgan fingerprint density at radius 3 is 2.67 bits per heavy atom. The molecule has 12 heteroatoms. The van der Waals surface area contributed by atoms with Crippen molar-refractivity contribution in [2.24, 2.45) is 17.8 Å². The molecule has 3 amide bonds. The van der Waals surface area contributed by atoms with Gasteiger partial charge in [-0.25, -0.2) is 4.68 Å². The summed E-state index contributed by atoms with van der Waals surface area (Å²) in [5.41, 5.74) is -0.0887. The molecule has 222 valence electrons. The number of rotatable bonds is 10. The Hall–Kier alpha value is -4.03. The summed E-state index contributed by atoms with van der Waals surface area (Å²) < 4.78 is 13.8. The minimum absolute atomic E-state index is 0.0487. The van der Waals surface area contributed by atoms with Crippen LogP contribution in [0.15, 0.2) is 48.5 Å². The number of carbonyl (C=O) groups is 3. The van der Waals surface area contributed by atoms with Crippen LogP contribution in [0.4, 0.5) is 5.69 Å². The second-order valence-corrected chi connectivity index (χ2v) is 11.5. The van der Waals surface area contributed by atoms with Crippen LogP contribution in [0, 0.1) is 17.8 Å². The number of benzene rings is 2. The molecule has 3 saturated heterocycles. The SMILES string of the molecule is CCOc1ccc(NC(=O)[C@H]2[C@H]3C(=O)N(CCCO)C(C(=O)NCn4nnc5ccccc54)C34CC(C)[C@]2(C)O4)cc1. The molecule has 6 rings (SSSR count). The average molecular weight is 577 g/mol. The minimum Gasteiger partial charge on any atom is -0.494 e. The van der Waals surface area contributed by atoms with Crippen LogP contribution in [0.25, 0.3) is 11.0 Å². The highest BCUT2D eigenvalue weighted by Gasteiger charge is 2.79. The quantitative estimate of drug-likeness (QED) is 0.332. The van der Waals surface area contributed by atoms with Gasteiger partial charge in [0.05, 0.1) is 29.6 Å². The Morgan fingerprint density at radius 2 is 1.93 bits per heavy atom. The number of para-hydroxylation sites is 1. The predicted octanol–water partition coefficient (Wildman–Crippen LogP) is 1.94. The van der Waals surface area contributed by atoms with Crippen LogP contribution in [0.2, 0.25) is 0 Å².